The van der Waals surface area contributed by atoms with E-state index in [1.807, 2.05) is 64.1 Å². The molecule has 1 fully saturated rings. The minimum Gasteiger partial charge on any atom is -0.489 e. The van der Waals surface area contributed by atoms with E-state index in [1.165, 1.54) is 0 Å². The van der Waals surface area contributed by atoms with Crippen LogP contribution in [-0.2, 0) is 15.9 Å². The molecule has 0 bridgehead atoms. The summed E-state index contributed by atoms with van der Waals surface area (Å²) in [4.78, 5) is 0. The number of halogens is 1. The summed E-state index contributed by atoms with van der Waals surface area (Å²) in [6.45, 7) is 8.52. The molecule has 0 atom stereocenters. The Morgan fingerprint density at radius 2 is 1.65 bits per heavy atom. The van der Waals surface area contributed by atoms with Crippen molar-refractivity contribution < 1.29 is 14.0 Å². The SMILES string of the molecule is CC1(C)OB(c2ccc(OCc3ccc(C#N)c(Cl)c3)cc2)OC1(C)C. The molecule has 0 radical (unpaired) electrons. The van der Waals surface area contributed by atoms with Crippen LogP contribution in [0.25, 0.3) is 0 Å². The summed E-state index contributed by atoms with van der Waals surface area (Å²) in [6.07, 6.45) is 0. The molecular weight excluding hydrogens is 348 g/mol. The molecule has 3 rings (SSSR count). The Hall–Kier alpha value is -2.00. The largest absolute Gasteiger partial charge is 0.494 e. The van der Waals surface area contributed by atoms with Crippen LogP contribution in [-0.4, -0.2) is 18.3 Å². The Bertz CT molecular complexity index is 827. The van der Waals surface area contributed by atoms with Crippen LogP contribution in [0.5, 0.6) is 5.75 Å². The van der Waals surface area contributed by atoms with Gasteiger partial charge in [0.15, 0.2) is 0 Å². The van der Waals surface area contributed by atoms with Gasteiger partial charge in [0.1, 0.15) is 18.4 Å². The van der Waals surface area contributed by atoms with E-state index >= 15 is 0 Å². The highest BCUT2D eigenvalue weighted by Gasteiger charge is 2.51. The Labute approximate surface area is 159 Å². The van der Waals surface area contributed by atoms with Crippen LogP contribution in [0, 0.1) is 11.3 Å². The van der Waals surface area contributed by atoms with Gasteiger partial charge in [-0.05, 0) is 63.0 Å². The van der Waals surface area contributed by atoms with Gasteiger partial charge in [0.2, 0.25) is 0 Å². The third-order valence-corrected chi connectivity index (χ3v) is 5.28. The molecule has 0 spiro atoms. The molecule has 6 heteroatoms. The molecular formula is C20H21BClNO3. The number of hydrogen-bond acceptors (Lipinski definition) is 4. The lowest BCUT2D eigenvalue weighted by Crippen LogP contribution is -2.41. The molecule has 1 heterocycles. The van der Waals surface area contributed by atoms with Gasteiger partial charge >= 0.3 is 7.12 Å². The van der Waals surface area contributed by atoms with Gasteiger partial charge in [0, 0.05) is 0 Å². The van der Waals surface area contributed by atoms with Crippen molar-refractivity contribution in [2.24, 2.45) is 0 Å². The minimum absolute atomic E-state index is 0.359. The van der Waals surface area contributed by atoms with Crippen molar-refractivity contribution in [2.45, 2.75) is 45.5 Å². The van der Waals surface area contributed by atoms with Crippen LogP contribution < -0.4 is 10.2 Å². The lowest BCUT2D eigenvalue weighted by atomic mass is 9.79. The predicted octanol–water partition coefficient (Wildman–Crippen LogP) is 4.09. The Kier molecular flexibility index (Phi) is 5.03. The van der Waals surface area contributed by atoms with Gasteiger partial charge in [-0.3, -0.25) is 0 Å². The van der Waals surface area contributed by atoms with Gasteiger partial charge in [-0.25, -0.2) is 0 Å². The summed E-state index contributed by atoms with van der Waals surface area (Å²) < 4.78 is 17.9. The molecule has 4 nitrogen and oxygen atoms in total. The van der Waals surface area contributed by atoms with E-state index in [1.54, 1.807) is 12.1 Å². The molecule has 0 unspecified atom stereocenters. The van der Waals surface area contributed by atoms with E-state index in [0.29, 0.717) is 17.2 Å². The summed E-state index contributed by atoms with van der Waals surface area (Å²) in [6, 6.07) is 15.0. The van der Waals surface area contributed by atoms with E-state index in [0.717, 1.165) is 16.8 Å². The Morgan fingerprint density at radius 3 is 2.19 bits per heavy atom. The second-order valence-corrected chi connectivity index (χ2v) is 7.78. The average molecular weight is 370 g/mol. The zero-order valence-electron chi connectivity index (χ0n) is 15.4. The first-order chi connectivity index (χ1) is 12.2. The number of hydrogen-bond donors (Lipinski definition) is 0. The first-order valence-corrected chi connectivity index (χ1v) is 8.86. The molecule has 2 aromatic rings. The third kappa shape index (κ3) is 3.73. The second-order valence-electron chi connectivity index (χ2n) is 7.37. The maximum absolute atomic E-state index is 8.91. The Balaban J connectivity index is 1.64. The first-order valence-electron chi connectivity index (χ1n) is 8.49. The maximum Gasteiger partial charge on any atom is 0.494 e. The monoisotopic (exact) mass is 369 g/mol. The van der Waals surface area contributed by atoms with E-state index in [9.17, 15) is 0 Å². The van der Waals surface area contributed by atoms with Crippen LogP contribution in [0.1, 0.15) is 38.8 Å². The molecule has 0 saturated carbocycles. The highest BCUT2D eigenvalue weighted by atomic mass is 35.5. The molecule has 2 aromatic carbocycles. The molecule has 134 valence electrons. The number of ether oxygens (including phenoxy) is 1. The van der Waals surface area contributed by atoms with Crippen molar-refractivity contribution in [3.8, 4) is 11.8 Å². The van der Waals surface area contributed by atoms with Crippen molar-refractivity contribution in [3.05, 3.63) is 58.6 Å². The highest BCUT2D eigenvalue weighted by molar-refractivity contribution is 6.62. The third-order valence-electron chi connectivity index (χ3n) is 4.96. The van der Waals surface area contributed by atoms with Crippen molar-refractivity contribution in [2.75, 3.05) is 0 Å². The first kappa shape index (κ1) is 18.8. The fourth-order valence-electron chi connectivity index (χ4n) is 2.61. The fraction of sp³-hybridized carbons (Fsp3) is 0.350. The average Bonchev–Trinajstić information content (AvgIpc) is 2.81. The predicted molar refractivity (Wildman–Crippen MR) is 103 cm³/mol. The van der Waals surface area contributed by atoms with Crippen molar-refractivity contribution in [1.82, 2.24) is 0 Å². The van der Waals surface area contributed by atoms with E-state index in [-0.39, 0.29) is 18.3 Å². The van der Waals surface area contributed by atoms with Gasteiger partial charge in [0.05, 0.1) is 21.8 Å². The van der Waals surface area contributed by atoms with Crippen LogP contribution in [0.3, 0.4) is 0 Å². The normalized spacial score (nSPS) is 17.8. The van der Waals surface area contributed by atoms with E-state index < -0.39 is 0 Å². The summed E-state index contributed by atoms with van der Waals surface area (Å²) in [5, 5.41) is 9.35. The van der Waals surface area contributed by atoms with Gasteiger partial charge in [-0.2, -0.15) is 5.26 Å². The molecule has 26 heavy (non-hydrogen) atoms. The Morgan fingerprint density at radius 1 is 1.04 bits per heavy atom. The molecule has 0 amide bonds. The maximum atomic E-state index is 8.91. The standard InChI is InChI=1S/C20H21BClNO3/c1-19(2)20(3,4)26-21(25-19)16-7-9-17(10-8-16)24-13-14-5-6-15(12-23)18(22)11-14/h5-11H,13H2,1-4H3. The van der Waals surface area contributed by atoms with E-state index in [2.05, 4.69) is 0 Å². The van der Waals surface area contributed by atoms with Gasteiger partial charge in [-0.1, -0.05) is 29.8 Å². The highest BCUT2D eigenvalue weighted by Crippen LogP contribution is 2.36. The zero-order valence-corrected chi connectivity index (χ0v) is 16.1. The summed E-state index contributed by atoms with van der Waals surface area (Å²) >= 11 is 6.04. The van der Waals surface area contributed by atoms with Crippen LogP contribution >= 0.6 is 11.6 Å². The molecule has 1 aliphatic rings. The molecule has 1 saturated heterocycles. The number of nitrogens with zero attached hydrogens (tertiary/aromatic N) is 1. The minimum atomic E-state index is -0.383. The van der Waals surface area contributed by atoms with Crippen molar-refractivity contribution in [3.63, 3.8) is 0 Å². The summed E-state index contributed by atoms with van der Waals surface area (Å²) in [5.41, 5.74) is 1.60. The summed E-state index contributed by atoms with van der Waals surface area (Å²) in [7, 11) is -0.383. The molecule has 0 aliphatic carbocycles. The number of nitriles is 1. The van der Waals surface area contributed by atoms with E-state index in [4.69, 9.17) is 30.9 Å². The van der Waals surface area contributed by atoms with Crippen molar-refractivity contribution in [1.29, 1.82) is 5.26 Å². The second kappa shape index (κ2) is 6.96. The van der Waals surface area contributed by atoms with Crippen molar-refractivity contribution >= 4 is 24.2 Å². The molecule has 1 aliphatic heterocycles. The van der Waals surface area contributed by atoms with Gasteiger partial charge in [-0.15, -0.1) is 0 Å². The fourth-order valence-corrected chi connectivity index (χ4v) is 2.85. The topological polar surface area (TPSA) is 51.5 Å². The summed E-state index contributed by atoms with van der Waals surface area (Å²) in [5.74, 6) is 0.741. The molecule has 0 aromatic heterocycles. The zero-order chi connectivity index (χ0) is 18.9. The number of benzene rings is 2. The van der Waals surface area contributed by atoms with Crippen LogP contribution in [0.2, 0.25) is 5.02 Å². The van der Waals surface area contributed by atoms with Gasteiger partial charge < -0.3 is 14.0 Å². The smallest absolute Gasteiger partial charge is 0.489 e. The molecule has 0 N–H and O–H groups in total. The lowest BCUT2D eigenvalue weighted by Gasteiger charge is -2.32. The lowest BCUT2D eigenvalue weighted by molar-refractivity contribution is 0.00578. The van der Waals surface area contributed by atoms with Crippen LogP contribution in [0.4, 0.5) is 0 Å². The van der Waals surface area contributed by atoms with Crippen LogP contribution in [0.15, 0.2) is 42.5 Å². The quantitative estimate of drug-likeness (QED) is 0.762. The number of rotatable bonds is 4. The van der Waals surface area contributed by atoms with Gasteiger partial charge in [0.25, 0.3) is 0 Å².